The summed E-state index contributed by atoms with van der Waals surface area (Å²) in [7, 11) is 3.77. The summed E-state index contributed by atoms with van der Waals surface area (Å²) < 4.78 is 15.6. The van der Waals surface area contributed by atoms with Gasteiger partial charge in [0.25, 0.3) is 5.91 Å². The van der Waals surface area contributed by atoms with Gasteiger partial charge in [0.2, 0.25) is 5.13 Å². The second-order valence-electron chi connectivity index (χ2n) is 8.17. The number of hydrogen-bond acceptors (Lipinski definition) is 8. The maximum absolute atomic E-state index is 12.8. The molecule has 1 saturated heterocycles. The first-order chi connectivity index (χ1) is 15.4. The molecule has 0 bridgehead atoms. The Morgan fingerprint density at radius 1 is 1.28 bits per heavy atom. The number of aromatic nitrogens is 2. The van der Waals surface area contributed by atoms with Crippen LogP contribution in [0.1, 0.15) is 28.9 Å². The third-order valence-corrected chi connectivity index (χ3v) is 6.51. The number of hydrogen-bond donors (Lipinski definition) is 1. The van der Waals surface area contributed by atoms with Gasteiger partial charge in [0.05, 0.1) is 12.7 Å². The van der Waals surface area contributed by atoms with E-state index in [1.807, 2.05) is 24.3 Å². The number of carbonyl (C=O) groups excluding carboxylic acids is 1. The van der Waals surface area contributed by atoms with Crippen LogP contribution in [-0.2, 0) is 6.42 Å². The zero-order chi connectivity index (χ0) is 22.7. The number of likely N-dealkylation sites (N-methyl/N-ethyl adjacent to an activating group) is 1. The molecule has 1 N–H and O–H groups in total. The van der Waals surface area contributed by atoms with Crippen LogP contribution in [-0.4, -0.2) is 71.4 Å². The monoisotopic (exact) mass is 455 g/mol. The van der Waals surface area contributed by atoms with Crippen LogP contribution in [0.4, 0.5) is 5.13 Å². The highest BCUT2D eigenvalue weighted by Crippen LogP contribution is 2.28. The van der Waals surface area contributed by atoms with Gasteiger partial charge < -0.3 is 14.1 Å². The lowest BCUT2D eigenvalue weighted by atomic mass is 10.1. The lowest BCUT2D eigenvalue weighted by molar-refractivity contribution is 0.102. The molecule has 0 radical (unpaired) electrons. The van der Waals surface area contributed by atoms with E-state index in [1.165, 1.54) is 11.5 Å². The van der Waals surface area contributed by atoms with Gasteiger partial charge in [-0.1, -0.05) is 12.1 Å². The van der Waals surface area contributed by atoms with Crippen molar-refractivity contribution in [1.29, 1.82) is 0 Å². The molecule has 1 aliphatic rings. The van der Waals surface area contributed by atoms with E-state index in [2.05, 4.69) is 38.4 Å². The Morgan fingerprint density at radius 2 is 2.06 bits per heavy atom. The summed E-state index contributed by atoms with van der Waals surface area (Å²) in [6.45, 7) is 8.26. The number of aryl methyl sites for hydroxylation is 1. The highest BCUT2D eigenvalue weighted by Gasteiger charge is 2.22. The van der Waals surface area contributed by atoms with Crippen LogP contribution in [0.25, 0.3) is 11.3 Å². The van der Waals surface area contributed by atoms with E-state index in [4.69, 9.17) is 9.15 Å². The molecule has 1 fully saturated rings. The molecule has 0 spiro atoms. The second kappa shape index (κ2) is 9.81. The van der Waals surface area contributed by atoms with Gasteiger partial charge in [-0.3, -0.25) is 15.0 Å². The van der Waals surface area contributed by atoms with E-state index >= 15 is 0 Å². The minimum atomic E-state index is -0.254. The first-order valence-electron chi connectivity index (χ1n) is 10.7. The van der Waals surface area contributed by atoms with E-state index in [1.54, 1.807) is 20.1 Å². The molecule has 1 unspecified atom stereocenters. The lowest BCUT2D eigenvalue weighted by Gasteiger charge is -2.36. The van der Waals surface area contributed by atoms with Gasteiger partial charge in [-0.25, -0.2) is 4.98 Å². The number of anilines is 1. The highest BCUT2D eigenvalue weighted by molar-refractivity contribution is 7.09. The predicted molar refractivity (Wildman–Crippen MR) is 126 cm³/mol. The van der Waals surface area contributed by atoms with E-state index in [9.17, 15) is 4.79 Å². The van der Waals surface area contributed by atoms with Crippen molar-refractivity contribution in [1.82, 2.24) is 19.2 Å². The molecule has 8 nitrogen and oxygen atoms in total. The van der Waals surface area contributed by atoms with Gasteiger partial charge in [0, 0.05) is 55.7 Å². The number of rotatable bonds is 7. The molecule has 9 heteroatoms. The zero-order valence-corrected chi connectivity index (χ0v) is 19.7. The molecule has 170 valence electrons. The number of piperazine rings is 1. The maximum atomic E-state index is 12.8. The number of amides is 1. The number of nitrogens with zero attached hydrogens (tertiary/aromatic N) is 4. The normalized spacial score (nSPS) is 16.1. The van der Waals surface area contributed by atoms with Crippen molar-refractivity contribution in [2.24, 2.45) is 0 Å². The summed E-state index contributed by atoms with van der Waals surface area (Å²) >= 11 is 1.21. The number of methoxy groups -OCH3 is 1. The molecule has 3 aromatic rings. The average Bonchev–Trinajstić information content (AvgIpc) is 3.40. The fourth-order valence-corrected chi connectivity index (χ4v) is 4.43. The summed E-state index contributed by atoms with van der Waals surface area (Å²) in [5.41, 5.74) is 1.33. The second-order valence-corrected chi connectivity index (χ2v) is 8.93. The van der Waals surface area contributed by atoms with Gasteiger partial charge in [0.15, 0.2) is 0 Å². The predicted octanol–water partition coefficient (Wildman–Crippen LogP) is 3.55. The highest BCUT2D eigenvalue weighted by atomic mass is 32.1. The number of ether oxygens (including phenoxy) is 1. The van der Waals surface area contributed by atoms with Crippen LogP contribution in [0.3, 0.4) is 0 Å². The fourth-order valence-electron chi connectivity index (χ4n) is 3.83. The van der Waals surface area contributed by atoms with Crippen molar-refractivity contribution in [2.45, 2.75) is 26.3 Å². The van der Waals surface area contributed by atoms with Crippen LogP contribution in [0.15, 0.2) is 34.7 Å². The molecule has 0 aliphatic carbocycles. The van der Waals surface area contributed by atoms with Crippen molar-refractivity contribution in [2.75, 3.05) is 45.7 Å². The van der Waals surface area contributed by atoms with Crippen LogP contribution < -0.4 is 10.1 Å². The number of nitrogens with one attached hydrogen (secondary N) is 1. The fraction of sp³-hybridized carbons (Fsp3) is 0.435. The molecule has 4 rings (SSSR count). The minimum Gasteiger partial charge on any atom is -0.497 e. The van der Waals surface area contributed by atoms with Crippen molar-refractivity contribution >= 4 is 22.6 Å². The van der Waals surface area contributed by atoms with E-state index in [0.717, 1.165) is 49.7 Å². The van der Waals surface area contributed by atoms with Crippen LogP contribution in [0.5, 0.6) is 5.75 Å². The smallest absolute Gasteiger partial charge is 0.261 e. The third kappa shape index (κ3) is 5.17. The standard InChI is InChI=1S/C23H29N5O3S/c1-15(28-10-8-27(3)9-11-28)12-21-24-23(32-26-21)25-22(29)19-14-20(31-16(19)2)17-6-5-7-18(13-17)30-4/h5-7,13-15H,8-12H2,1-4H3,(H,24,25,26,29). The quantitative estimate of drug-likeness (QED) is 0.583. The Bertz CT molecular complexity index is 1070. The summed E-state index contributed by atoms with van der Waals surface area (Å²) in [4.78, 5) is 22.2. The summed E-state index contributed by atoms with van der Waals surface area (Å²) in [6, 6.07) is 9.65. The SMILES string of the molecule is COc1cccc(-c2cc(C(=O)Nc3nc(CC(C)N4CCN(C)CC4)ns3)c(C)o2)c1. The Labute approximate surface area is 192 Å². The van der Waals surface area contributed by atoms with Gasteiger partial charge in [-0.05, 0) is 39.1 Å². The van der Waals surface area contributed by atoms with Crippen molar-refractivity contribution in [3.63, 3.8) is 0 Å². The first kappa shape index (κ1) is 22.4. The van der Waals surface area contributed by atoms with Crippen molar-refractivity contribution in [3.05, 3.63) is 47.5 Å². The molecule has 0 saturated carbocycles. The molecule has 32 heavy (non-hydrogen) atoms. The summed E-state index contributed by atoms with van der Waals surface area (Å²) in [5, 5.41) is 3.37. The van der Waals surface area contributed by atoms with Crippen LogP contribution in [0, 0.1) is 6.92 Å². The lowest BCUT2D eigenvalue weighted by Crippen LogP contribution is -2.48. The molecular formula is C23H29N5O3S. The van der Waals surface area contributed by atoms with Crippen LogP contribution in [0.2, 0.25) is 0 Å². The molecule has 1 aliphatic heterocycles. The van der Waals surface area contributed by atoms with Gasteiger partial charge >= 0.3 is 0 Å². The number of furan rings is 1. The van der Waals surface area contributed by atoms with E-state index < -0.39 is 0 Å². The largest absolute Gasteiger partial charge is 0.497 e. The Morgan fingerprint density at radius 3 is 2.81 bits per heavy atom. The Kier molecular flexibility index (Phi) is 6.88. The zero-order valence-electron chi connectivity index (χ0n) is 18.9. The van der Waals surface area contributed by atoms with Crippen molar-refractivity contribution in [3.8, 4) is 17.1 Å². The molecular weight excluding hydrogens is 426 g/mol. The topological polar surface area (TPSA) is 83.7 Å². The Hall–Kier alpha value is -2.75. The van der Waals surface area contributed by atoms with Crippen LogP contribution >= 0.6 is 11.5 Å². The summed E-state index contributed by atoms with van der Waals surface area (Å²) in [5.74, 6) is 2.40. The van der Waals surface area contributed by atoms with Gasteiger partial charge in [0.1, 0.15) is 23.1 Å². The summed E-state index contributed by atoms with van der Waals surface area (Å²) in [6.07, 6.45) is 0.765. The molecule has 1 amide bonds. The first-order valence-corrected chi connectivity index (χ1v) is 11.5. The number of carbonyl (C=O) groups is 1. The van der Waals surface area contributed by atoms with Gasteiger partial charge in [-0.15, -0.1) is 0 Å². The molecule has 1 aromatic carbocycles. The van der Waals surface area contributed by atoms with E-state index in [-0.39, 0.29) is 5.91 Å². The molecule has 3 heterocycles. The van der Waals surface area contributed by atoms with Gasteiger partial charge in [-0.2, -0.15) is 4.37 Å². The maximum Gasteiger partial charge on any atom is 0.261 e. The molecule has 1 atom stereocenters. The average molecular weight is 456 g/mol. The Balaban J connectivity index is 1.39. The van der Waals surface area contributed by atoms with Crippen molar-refractivity contribution < 1.29 is 13.9 Å². The minimum absolute atomic E-state index is 0.254. The third-order valence-electron chi connectivity index (χ3n) is 5.84. The molecule has 2 aromatic heterocycles. The van der Waals surface area contributed by atoms with E-state index in [0.29, 0.717) is 28.3 Å². The number of benzene rings is 1.